The van der Waals surface area contributed by atoms with Gasteiger partial charge in [0, 0.05) is 45.4 Å². The molecule has 0 spiro atoms. The van der Waals surface area contributed by atoms with Crippen LogP contribution in [0.15, 0.2) is 35.3 Å². The first kappa shape index (κ1) is 19.7. The number of hydrogen-bond donors (Lipinski definition) is 2. The fourth-order valence-electron chi connectivity index (χ4n) is 2.89. The van der Waals surface area contributed by atoms with Gasteiger partial charge < -0.3 is 20.1 Å². The fraction of sp³-hybridized carbons (Fsp3) is 0.650. The molecule has 0 unspecified atom stereocenters. The van der Waals surface area contributed by atoms with Crippen molar-refractivity contribution in [3.05, 3.63) is 35.9 Å². The van der Waals surface area contributed by atoms with E-state index in [-0.39, 0.29) is 5.41 Å². The van der Waals surface area contributed by atoms with Gasteiger partial charge in [0.05, 0.1) is 6.10 Å². The minimum Gasteiger partial charge on any atom is -0.381 e. The van der Waals surface area contributed by atoms with Crippen LogP contribution in [0.2, 0.25) is 0 Å². The highest BCUT2D eigenvalue weighted by molar-refractivity contribution is 5.79. The minimum absolute atomic E-state index is 0.0467. The van der Waals surface area contributed by atoms with E-state index in [0.717, 1.165) is 58.1 Å². The van der Waals surface area contributed by atoms with E-state index in [4.69, 9.17) is 9.47 Å². The highest BCUT2D eigenvalue weighted by Gasteiger charge is 2.20. The Morgan fingerprint density at radius 3 is 2.60 bits per heavy atom. The summed E-state index contributed by atoms with van der Waals surface area (Å²) in [6.07, 6.45) is 3.38. The smallest absolute Gasteiger partial charge is 0.191 e. The van der Waals surface area contributed by atoms with Crippen LogP contribution in [0.25, 0.3) is 0 Å². The van der Waals surface area contributed by atoms with Gasteiger partial charge in [0.1, 0.15) is 0 Å². The standard InChI is InChI=1S/C20H33N3O2/c1-20(2,17-8-5-4-6-9-17)16-23-19(21-3)22-12-7-13-25-18-10-14-24-15-11-18/h4-6,8-9,18H,7,10-16H2,1-3H3,(H2,21,22,23). The summed E-state index contributed by atoms with van der Waals surface area (Å²) in [7, 11) is 1.81. The van der Waals surface area contributed by atoms with Crippen LogP contribution >= 0.6 is 0 Å². The molecule has 1 heterocycles. The molecule has 0 saturated carbocycles. The topological polar surface area (TPSA) is 54.9 Å². The Bertz CT molecular complexity index is 511. The van der Waals surface area contributed by atoms with E-state index < -0.39 is 0 Å². The Morgan fingerprint density at radius 1 is 1.20 bits per heavy atom. The van der Waals surface area contributed by atoms with Crippen LogP contribution in [0.3, 0.4) is 0 Å². The third-order valence-electron chi connectivity index (χ3n) is 4.61. The van der Waals surface area contributed by atoms with E-state index in [0.29, 0.717) is 6.10 Å². The largest absolute Gasteiger partial charge is 0.381 e. The van der Waals surface area contributed by atoms with Crippen molar-refractivity contribution in [2.24, 2.45) is 4.99 Å². The average molecular weight is 348 g/mol. The molecule has 0 bridgehead atoms. The molecule has 0 aromatic heterocycles. The lowest BCUT2D eigenvalue weighted by Crippen LogP contribution is -2.43. The lowest BCUT2D eigenvalue weighted by molar-refractivity contribution is -0.0320. The summed E-state index contributed by atoms with van der Waals surface area (Å²) in [5.41, 5.74) is 1.37. The summed E-state index contributed by atoms with van der Waals surface area (Å²) in [4.78, 5) is 4.31. The van der Waals surface area contributed by atoms with E-state index in [2.05, 4.69) is 59.8 Å². The van der Waals surface area contributed by atoms with Crippen molar-refractivity contribution in [2.75, 3.05) is 40.0 Å². The summed E-state index contributed by atoms with van der Waals surface area (Å²) in [6, 6.07) is 10.6. The van der Waals surface area contributed by atoms with E-state index in [1.54, 1.807) is 0 Å². The lowest BCUT2D eigenvalue weighted by Gasteiger charge is -2.27. The Hall–Kier alpha value is -1.59. The van der Waals surface area contributed by atoms with Crippen molar-refractivity contribution >= 4 is 5.96 Å². The number of hydrogen-bond acceptors (Lipinski definition) is 3. The molecule has 2 N–H and O–H groups in total. The molecule has 140 valence electrons. The summed E-state index contributed by atoms with van der Waals surface area (Å²) in [5, 5.41) is 6.80. The Morgan fingerprint density at radius 2 is 1.92 bits per heavy atom. The first-order chi connectivity index (χ1) is 12.1. The molecule has 0 amide bonds. The Labute approximate surface area is 152 Å². The minimum atomic E-state index is 0.0467. The summed E-state index contributed by atoms with van der Waals surface area (Å²) in [6.45, 7) is 8.61. The number of guanidine groups is 1. The van der Waals surface area contributed by atoms with Gasteiger partial charge in [0.2, 0.25) is 0 Å². The molecule has 1 aliphatic heterocycles. The number of ether oxygens (including phenoxy) is 2. The molecule has 0 radical (unpaired) electrons. The molecule has 2 rings (SSSR count). The van der Waals surface area contributed by atoms with Crippen LogP contribution in [0, 0.1) is 0 Å². The van der Waals surface area contributed by atoms with Gasteiger partial charge in [-0.3, -0.25) is 4.99 Å². The molecular formula is C20H33N3O2. The second kappa shape index (κ2) is 10.4. The van der Waals surface area contributed by atoms with Crippen LogP contribution in [-0.2, 0) is 14.9 Å². The van der Waals surface area contributed by atoms with E-state index >= 15 is 0 Å². The maximum Gasteiger partial charge on any atom is 0.191 e. The summed E-state index contributed by atoms with van der Waals surface area (Å²) in [5.74, 6) is 0.843. The molecule has 0 aliphatic carbocycles. The van der Waals surface area contributed by atoms with Crippen molar-refractivity contribution in [3.8, 4) is 0 Å². The van der Waals surface area contributed by atoms with Crippen LogP contribution in [0.5, 0.6) is 0 Å². The van der Waals surface area contributed by atoms with E-state index in [9.17, 15) is 0 Å². The normalized spacial score (nSPS) is 16.7. The molecule has 5 nitrogen and oxygen atoms in total. The zero-order valence-electron chi connectivity index (χ0n) is 15.9. The number of rotatable bonds is 8. The molecule has 1 aromatic carbocycles. The van der Waals surface area contributed by atoms with Gasteiger partial charge in [-0.25, -0.2) is 0 Å². The van der Waals surface area contributed by atoms with Crippen molar-refractivity contribution in [3.63, 3.8) is 0 Å². The number of nitrogens with zero attached hydrogens (tertiary/aromatic N) is 1. The van der Waals surface area contributed by atoms with Crippen LogP contribution in [-0.4, -0.2) is 52.0 Å². The van der Waals surface area contributed by atoms with Gasteiger partial charge in [0.25, 0.3) is 0 Å². The summed E-state index contributed by atoms with van der Waals surface area (Å²) < 4.78 is 11.2. The fourth-order valence-corrected chi connectivity index (χ4v) is 2.89. The van der Waals surface area contributed by atoms with Gasteiger partial charge in [-0.05, 0) is 24.8 Å². The summed E-state index contributed by atoms with van der Waals surface area (Å²) >= 11 is 0. The van der Waals surface area contributed by atoms with Crippen molar-refractivity contribution in [1.82, 2.24) is 10.6 Å². The van der Waals surface area contributed by atoms with Crippen LogP contribution in [0.1, 0.15) is 38.7 Å². The van der Waals surface area contributed by atoms with Crippen molar-refractivity contribution in [2.45, 2.75) is 44.6 Å². The first-order valence-corrected chi connectivity index (χ1v) is 9.31. The zero-order chi connectivity index (χ0) is 18.0. The van der Waals surface area contributed by atoms with E-state index in [1.807, 2.05) is 7.05 Å². The Kier molecular flexibility index (Phi) is 8.22. The predicted molar refractivity (Wildman–Crippen MR) is 103 cm³/mol. The molecule has 1 aromatic rings. The zero-order valence-corrected chi connectivity index (χ0v) is 15.9. The quantitative estimate of drug-likeness (QED) is 0.431. The molecule has 5 heteroatoms. The number of nitrogens with one attached hydrogen (secondary N) is 2. The van der Waals surface area contributed by atoms with Crippen LogP contribution < -0.4 is 10.6 Å². The highest BCUT2D eigenvalue weighted by Crippen LogP contribution is 2.21. The highest BCUT2D eigenvalue weighted by atomic mass is 16.5. The van der Waals surface area contributed by atoms with Crippen LogP contribution in [0.4, 0.5) is 0 Å². The van der Waals surface area contributed by atoms with Gasteiger partial charge >= 0.3 is 0 Å². The molecule has 1 aliphatic rings. The van der Waals surface area contributed by atoms with Gasteiger partial charge in [0.15, 0.2) is 5.96 Å². The molecule has 1 fully saturated rings. The van der Waals surface area contributed by atoms with Gasteiger partial charge in [-0.2, -0.15) is 0 Å². The monoisotopic (exact) mass is 347 g/mol. The SMILES string of the molecule is CN=C(NCCCOC1CCOCC1)NCC(C)(C)c1ccccc1. The third kappa shape index (κ3) is 7.04. The molecular weight excluding hydrogens is 314 g/mol. The second-order valence-corrected chi connectivity index (χ2v) is 7.14. The third-order valence-corrected chi connectivity index (χ3v) is 4.61. The molecule has 1 saturated heterocycles. The average Bonchev–Trinajstić information content (AvgIpc) is 2.65. The van der Waals surface area contributed by atoms with Gasteiger partial charge in [-0.15, -0.1) is 0 Å². The lowest BCUT2D eigenvalue weighted by atomic mass is 9.85. The predicted octanol–water partition coefficient (Wildman–Crippen LogP) is 2.71. The van der Waals surface area contributed by atoms with E-state index in [1.165, 1.54) is 5.56 Å². The van der Waals surface area contributed by atoms with Crippen molar-refractivity contribution < 1.29 is 9.47 Å². The van der Waals surface area contributed by atoms with Crippen molar-refractivity contribution in [1.29, 1.82) is 0 Å². The maximum atomic E-state index is 5.89. The number of benzene rings is 1. The Balaban J connectivity index is 1.63. The first-order valence-electron chi connectivity index (χ1n) is 9.31. The second-order valence-electron chi connectivity index (χ2n) is 7.14. The van der Waals surface area contributed by atoms with Gasteiger partial charge in [-0.1, -0.05) is 44.2 Å². The molecule has 25 heavy (non-hydrogen) atoms. The maximum absolute atomic E-state index is 5.89. The molecule has 0 atom stereocenters. The number of aliphatic imine (C=N–C) groups is 1.